The van der Waals surface area contributed by atoms with E-state index in [0.29, 0.717) is 17.8 Å². The van der Waals surface area contributed by atoms with E-state index in [1.165, 1.54) is 11.8 Å². The number of anilines is 1. The monoisotopic (exact) mass is 403 g/mol. The number of benzene rings is 2. The molecule has 4 rings (SSSR count). The van der Waals surface area contributed by atoms with Gasteiger partial charge in [0, 0.05) is 44.0 Å². The molecule has 0 aliphatic carbocycles. The van der Waals surface area contributed by atoms with E-state index in [1.807, 2.05) is 11.0 Å². The molecule has 6 heteroatoms. The largest absolute Gasteiger partial charge is 0.459 e. The molecule has 1 aliphatic rings. The fourth-order valence-electron chi connectivity index (χ4n) is 3.65. The van der Waals surface area contributed by atoms with E-state index < -0.39 is 0 Å². The van der Waals surface area contributed by atoms with E-state index >= 15 is 0 Å². The Labute approximate surface area is 176 Å². The number of nitrogens with zero attached hydrogens (tertiary/aromatic N) is 2. The predicted octanol–water partition coefficient (Wildman–Crippen LogP) is 3.88. The summed E-state index contributed by atoms with van der Waals surface area (Å²) in [4.78, 5) is 29.3. The number of hydrogen-bond acceptors (Lipinski definition) is 4. The first-order valence-electron chi connectivity index (χ1n) is 10.2. The zero-order valence-corrected chi connectivity index (χ0v) is 16.8. The number of carbonyl (C=O) groups excluding carboxylic acids is 2. The third kappa shape index (κ3) is 4.96. The van der Waals surface area contributed by atoms with Crippen LogP contribution in [0.1, 0.15) is 32.9 Å². The lowest BCUT2D eigenvalue weighted by Crippen LogP contribution is -2.35. The van der Waals surface area contributed by atoms with Crippen LogP contribution in [-0.4, -0.2) is 47.8 Å². The zero-order valence-electron chi connectivity index (χ0n) is 16.8. The second-order valence-electron chi connectivity index (χ2n) is 7.42. The Hall–Kier alpha value is -3.38. The third-order valence-corrected chi connectivity index (χ3v) is 5.26. The van der Waals surface area contributed by atoms with Crippen LogP contribution < -0.4 is 5.32 Å². The van der Waals surface area contributed by atoms with E-state index in [9.17, 15) is 9.59 Å². The summed E-state index contributed by atoms with van der Waals surface area (Å²) in [6.45, 7) is 4.21. The zero-order chi connectivity index (χ0) is 20.8. The van der Waals surface area contributed by atoms with Gasteiger partial charge in [0.25, 0.3) is 11.8 Å². The molecule has 1 N–H and O–H groups in total. The number of amides is 2. The summed E-state index contributed by atoms with van der Waals surface area (Å²) in [5.74, 6) is -0.0367. The van der Waals surface area contributed by atoms with Crippen molar-refractivity contribution in [3.63, 3.8) is 0 Å². The van der Waals surface area contributed by atoms with Gasteiger partial charge in [0.05, 0.1) is 6.26 Å². The quantitative estimate of drug-likeness (QED) is 0.702. The van der Waals surface area contributed by atoms with Gasteiger partial charge in [-0.05, 0) is 48.4 Å². The smallest absolute Gasteiger partial charge is 0.291 e. The van der Waals surface area contributed by atoms with Crippen molar-refractivity contribution in [2.75, 3.05) is 31.5 Å². The first-order chi connectivity index (χ1) is 14.7. The maximum Gasteiger partial charge on any atom is 0.291 e. The normalized spacial score (nSPS) is 14.9. The first kappa shape index (κ1) is 19.9. The number of rotatable bonds is 5. The van der Waals surface area contributed by atoms with Gasteiger partial charge in [-0.1, -0.05) is 30.3 Å². The highest BCUT2D eigenvalue weighted by atomic mass is 16.3. The summed E-state index contributed by atoms with van der Waals surface area (Å²) in [6.07, 6.45) is 2.41. The van der Waals surface area contributed by atoms with E-state index in [1.54, 1.807) is 36.4 Å². The van der Waals surface area contributed by atoms with E-state index in [-0.39, 0.29) is 17.6 Å². The van der Waals surface area contributed by atoms with Crippen LogP contribution in [0.15, 0.2) is 77.4 Å². The number of furan rings is 1. The van der Waals surface area contributed by atoms with Gasteiger partial charge in [0.15, 0.2) is 5.76 Å². The molecule has 0 spiro atoms. The lowest BCUT2D eigenvalue weighted by molar-refractivity contribution is 0.0761. The van der Waals surface area contributed by atoms with Crippen molar-refractivity contribution in [2.24, 2.45) is 0 Å². The molecule has 0 bridgehead atoms. The standard InChI is InChI=1S/C24H25N3O3/c28-23(22-8-4-17-30-22)25-21-11-9-20(10-12-21)24(29)27-14-5-13-26(15-16-27)18-19-6-2-1-3-7-19/h1-4,6-12,17H,5,13-16,18H2,(H,25,28). The summed E-state index contributed by atoms with van der Waals surface area (Å²) < 4.78 is 5.09. The molecule has 154 valence electrons. The molecule has 0 unspecified atom stereocenters. The van der Waals surface area contributed by atoms with Gasteiger partial charge < -0.3 is 14.6 Å². The van der Waals surface area contributed by atoms with Crippen molar-refractivity contribution in [1.82, 2.24) is 9.80 Å². The van der Waals surface area contributed by atoms with Gasteiger partial charge in [0.2, 0.25) is 0 Å². The van der Waals surface area contributed by atoms with Crippen molar-refractivity contribution in [2.45, 2.75) is 13.0 Å². The summed E-state index contributed by atoms with van der Waals surface area (Å²) in [5, 5.41) is 2.76. The van der Waals surface area contributed by atoms with Crippen LogP contribution in [0.5, 0.6) is 0 Å². The van der Waals surface area contributed by atoms with Crippen molar-refractivity contribution in [3.8, 4) is 0 Å². The molecule has 0 atom stereocenters. The second-order valence-corrected chi connectivity index (χ2v) is 7.42. The minimum absolute atomic E-state index is 0.0282. The van der Waals surface area contributed by atoms with Gasteiger partial charge in [0.1, 0.15) is 0 Å². The lowest BCUT2D eigenvalue weighted by atomic mass is 10.1. The van der Waals surface area contributed by atoms with Crippen LogP contribution in [0.2, 0.25) is 0 Å². The Bertz CT molecular complexity index is 969. The molecule has 1 fully saturated rings. The van der Waals surface area contributed by atoms with Crippen LogP contribution >= 0.6 is 0 Å². The van der Waals surface area contributed by atoms with Crippen molar-refractivity contribution >= 4 is 17.5 Å². The third-order valence-electron chi connectivity index (χ3n) is 5.26. The van der Waals surface area contributed by atoms with Gasteiger partial charge in [-0.3, -0.25) is 14.5 Å². The van der Waals surface area contributed by atoms with E-state index in [0.717, 1.165) is 32.6 Å². The Morgan fingerprint density at radius 3 is 2.40 bits per heavy atom. The highest BCUT2D eigenvalue weighted by molar-refractivity contribution is 6.02. The molecule has 0 radical (unpaired) electrons. The Morgan fingerprint density at radius 2 is 1.67 bits per heavy atom. The molecule has 3 aromatic rings. The molecule has 1 saturated heterocycles. The molecule has 1 aromatic heterocycles. The Kier molecular flexibility index (Phi) is 6.25. The molecule has 1 aliphatic heterocycles. The molecule has 2 amide bonds. The second kappa shape index (κ2) is 9.41. The summed E-state index contributed by atoms with van der Waals surface area (Å²) in [5.41, 5.74) is 2.55. The fourth-order valence-corrected chi connectivity index (χ4v) is 3.65. The number of nitrogens with one attached hydrogen (secondary N) is 1. The van der Waals surface area contributed by atoms with Gasteiger partial charge in [-0.15, -0.1) is 0 Å². The Morgan fingerprint density at radius 1 is 0.867 bits per heavy atom. The maximum absolute atomic E-state index is 12.9. The molecule has 30 heavy (non-hydrogen) atoms. The Balaban J connectivity index is 1.33. The highest BCUT2D eigenvalue weighted by Gasteiger charge is 2.20. The highest BCUT2D eigenvalue weighted by Crippen LogP contribution is 2.15. The molecule has 0 saturated carbocycles. The van der Waals surface area contributed by atoms with Gasteiger partial charge in [-0.2, -0.15) is 0 Å². The molecule has 6 nitrogen and oxygen atoms in total. The topological polar surface area (TPSA) is 65.8 Å². The molecule has 2 aromatic carbocycles. The van der Waals surface area contributed by atoms with Crippen LogP contribution in [0, 0.1) is 0 Å². The van der Waals surface area contributed by atoms with Gasteiger partial charge in [-0.25, -0.2) is 0 Å². The van der Waals surface area contributed by atoms with Gasteiger partial charge >= 0.3 is 0 Å². The fraction of sp³-hybridized carbons (Fsp3) is 0.250. The van der Waals surface area contributed by atoms with Crippen LogP contribution in [0.4, 0.5) is 5.69 Å². The minimum atomic E-state index is -0.315. The summed E-state index contributed by atoms with van der Waals surface area (Å²) >= 11 is 0. The molecular weight excluding hydrogens is 378 g/mol. The number of carbonyl (C=O) groups is 2. The van der Waals surface area contributed by atoms with Crippen LogP contribution in [0.25, 0.3) is 0 Å². The van der Waals surface area contributed by atoms with Crippen molar-refractivity contribution in [1.29, 1.82) is 0 Å². The summed E-state index contributed by atoms with van der Waals surface area (Å²) in [6, 6.07) is 20.7. The van der Waals surface area contributed by atoms with Crippen molar-refractivity contribution in [3.05, 3.63) is 89.9 Å². The maximum atomic E-state index is 12.9. The minimum Gasteiger partial charge on any atom is -0.459 e. The average Bonchev–Trinajstić information content (AvgIpc) is 3.22. The van der Waals surface area contributed by atoms with Crippen LogP contribution in [0.3, 0.4) is 0 Å². The average molecular weight is 403 g/mol. The molecular formula is C24H25N3O3. The number of hydrogen-bond donors (Lipinski definition) is 1. The summed E-state index contributed by atoms with van der Waals surface area (Å²) in [7, 11) is 0. The van der Waals surface area contributed by atoms with E-state index in [4.69, 9.17) is 4.42 Å². The first-order valence-corrected chi connectivity index (χ1v) is 10.2. The lowest BCUT2D eigenvalue weighted by Gasteiger charge is -2.22. The van der Waals surface area contributed by atoms with E-state index in [2.05, 4.69) is 34.5 Å². The predicted molar refractivity (Wildman–Crippen MR) is 115 cm³/mol. The van der Waals surface area contributed by atoms with Crippen molar-refractivity contribution < 1.29 is 14.0 Å². The SMILES string of the molecule is O=C(Nc1ccc(C(=O)N2CCCN(Cc3ccccc3)CC2)cc1)c1ccco1. The molecule has 2 heterocycles. The van der Waals surface area contributed by atoms with Crippen LogP contribution in [-0.2, 0) is 6.54 Å².